The van der Waals surface area contributed by atoms with Crippen LogP contribution in [0.25, 0.3) is 11.0 Å². The van der Waals surface area contributed by atoms with E-state index in [1.54, 1.807) is 12.1 Å². The Hall–Kier alpha value is -2.45. The number of aliphatic hydroxyl groups excluding tert-OH is 2. The van der Waals surface area contributed by atoms with E-state index in [0.29, 0.717) is 16.7 Å². The Balaban J connectivity index is 1.59. The molecule has 0 aliphatic carbocycles. The van der Waals surface area contributed by atoms with Crippen LogP contribution in [0.3, 0.4) is 0 Å². The first-order valence-electron chi connectivity index (χ1n) is 10.1. The third kappa shape index (κ3) is 5.23. The number of fused-ring (bicyclic) bond motifs is 1. The molecule has 17 heteroatoms. The zero-order valence-corrected chi connectivity index (χ0v) is 19.8. The number of ether oxygens (including phenoxy) is 1. The highest BCUT2D eigenvalue weighted by atomic mass is 31.2. The minimum absolute atomic E-state index is 0.252. The van der Waals surface area contributed by atoms with E-state index in [2.05, 4.69) is 14.0 Å². The Bertz CT molecular complexity index is 1430. The van der Waals surface area contributed by atoms with E-state index in [9.17, 15) is 33.8 Å². The second kappa shape index (κ2) is 9.90. The summed E-state index contributed by atoms with van der Waals surface area (Å²) in [5.74, 6) is 0. The van der Waals surface area contributed by atoms with Crippen LogP contribution in [0, 0.1) is 6.92 Å². The molecule has 35 heavy (non-hydrogen) atoms. The van der Waals surface area contributed by atoms with Crippen molar-refractivity contribution in [3.63, 3.8) is 0 Å². The highest BCUT2D eigenvalue weighted by Gasteiger charge is 2.45. The summed E-state index contributed by atoms with van der Waals surface area (Å²) in [6.45, 7) is 0.740. The van der Waals surface area contributed by atoms with Crippen molar-refractivity contribution in [1.29, 1.82) is 0 Å². The maximum atomic E-state index is 13.1. The molecule has 3 unspecified atom stereocenters. The van der Waals surface area contributed by atoms with Gasteiger partial charge in [0, 0.05) is 17.6 Å². The summed E-state index contributed by atoms with van der Waals surface area (Å²) in [5.41, 5.74) is 0.0773. The maximum Gasteiger partial charge on any atom is 0.479 e. The van der Waals surface area contributed by atoms with Crippen LogP contribution in [0.4, 0.5) is 0 Å². The normalized spacial score (nSPS) is 25.1. The molecule has 0 saturated carbocycles. The van der Waals surface area contributed by atoms with Crippen LogP contribution in [0.5, 0.6) is 0 Å². The Morgan fingerprint density at radius 2 is 1.97 bits per heavy atom. The summed E-state index contributed by atoms with van der Waals surface area (Å²) in [4.78, 5) is 43.6. The summed E-state index contributed by atoms with van der Waals surface area (Å²) < 4.78 is 43.1. The molecule has 4 rings (SSSR count). The van der Waals surface area contributed by atoms with Gasteiger partial charge in [-0.05, 0) is 18.6 Å². The molecule has 1 fully saturated rings. The smallest absolute Gasteiger partial charge is 0.387 e. The molecule has 1 aromatic carbocycles. The van der Waals surface area contributed by atoms with Gasteiger partial charge in [-0.25, -0.2) is 13.7 Å². The van der Waals surface area contributed by atoms with Crippen LogP contribution in [-0.2, 0) is 29.2 Å². The average Bonchev–Trinajstić information content (AvgIpc) is 3.31. The number of nitrogens with zero attached hydrogens (tertiary/aromatic N) is 3. The number of aromatic nitrogens is 3. The van der Waals surface area contributed by atoms with Crippen molar-refractivity contribution in [3.05, 3.63) is 62.6 Å². The standard InChI is InChI=1S/C18H21N3O12P2/c1-9-3-2-4-10-11(19-32-16(9)10)7-21-13(22)5-6-20(18(21)25)17-15(24)14(23)12(31-17)8-30-35(28,29)33-34(26)27/h2-6,12,14-15,17,23-24,34H,7-8H2,1H3,(H,26,27)(H,28,29)/t12-,14+,15?,17-/m1/s1. The lowest BCUT2D eigenvalue weighted by molar-refractivity contribution is -0.0546. The van der Waals surface area contributed by atoms with Gasteiger partial charge in [-0.1, -0.05) is 17.3 Å². The number of hydrogen-bond acceptors (Lipinski definition) is 11. The number of hydrogen-bond donors (Lipinski definition) is 4. The second-order valence-corrected chi connectivity index (χ2v) is 10.1. The van der Waals surface area contributed by atoms with Gasteiger partial charge in [0.05, 0.1) is 13.2 Å². The fourth-order valence-corrected chi connectivity index (χ4v) is 5.01. The number of rotatable bonds is 8. The number of para-hydroxylation sites is 1. The first-order chi connectivity index (χ1) is 16.5. The van der Waals surface area contributed by atoms with Gasteiger partial charge in [0.1, 0.15) is 24.0 Å². The first-order valence-corrected chi connectivity index (χ1v) is 12.8. The summed E-state index contributed by atoms with van der Waals surface area (Å²) >= 11 is 0. The molecule has 0 radical (unpaired) electrons. The van der Waals surface area contributed by atoms with Gasteiger partial charge in [0.25, 0.3) is 5.56 Å². The third-order valence-electron chi connectivity index (χ3n) is 5.38. The van der Waals surface area contributed by atoms with E-state index >= 15 is 0 Å². The SMILES string of the molecule is Cc1cccc2c(Cn3c(=O)ccn([C@@H]4O[C@H](COP(=O)(O)O[PH](=O)O)[C@H](O)C4O)c3=O)noc12. The summed E-state index contributed by atoms with van der Waals surface area (Å²) in [7, 11) is -8.74. The minimum Gasteiger partial charge on any atom is -0.387 e. The molecule has 1 saturated heterocycles. The van der Waals surface area contributed by atoms with E-state index in [4.69, 9.17) is 14.2 Å². The van der Waals surface area contributed by atoms with Gasteiger partial charge in [-0.2, -0.15) is 0 Å². The molecule has 15 nitrogen and oxygen atoms in total. The highest BCUT2D eigenvalue weighted by Crippen LogP contribution is 2.51. The number of phosphoric acid groups is 1. The van der Waals surface area contributed by atoms with E-state index in [1.807, 2.05) is 13.0 Å². The predicted octanol–water partition coefficient (Wildman–Crippen LogP) is -0.357. The number of aliphatic hydroxyl groups is 2. The molecule has 0 spiro atoms. The second-order valence-electron chi connectivity index (χ2n) is 7.68. The van der Waals surface area contributed by atoms with Crippen molar-refractivity contribution in [3.8, 4) is 0 Å². The third-order valence-corrected chi connectivity index (χ3v) is 7.40. The maximum absolute atomic E-state index is 13.1. The van der Waals surface area contributed by atoms with Crippen molar-refractivity contribution in [1.82, 2.24) is 14.3 Å². The Morgan fingerprint density at radius 3 is 2.69 bits per heavy atom. The average molecular weight is 533 g/mol. The van der Waals surface area contributed by atoms with Crippen molar-refractivity contribution in [2.24, 2.45) is 0 Å². The highest BCUT2D eigenvalue weighted by molar-refractivity contribution is 7.55. The Labute approximate surface area is 196 Å². The molecule has 0 amide bonds. The monoisotopic (exact) mass is 533 g/mol. The van der Waals surface area contributed by atoms with Crippen molar-refractivity contribution >= 4 is 27.0 Å². The molecule has 3 heterocycles. The summed E-state index contributed by atoms with van der Waals surface area (Å²) in [6, 6.07) is 6.36. The molecule has 4 N–H and O–H groups in total. The van der Waals surface area contributed by atoms with Crippen LogP contribution >= 0.6 is 16.1 Å². The van der Waals surface area contributed by atoms with Crippen LogP contribution in [-0.4, -0.2) is 59.2 Å². The van der Waals surface area contributed by atoms with E-state index in [1.165, 1.54) is 0 Å². The lowest BCUT2D eigenvalue weighted by Gasteiger charge is -2.18. The zero-order valence-electron chi connectivity index (χ0n) is 18.0. The van der Waals surface area contributed by atoms with Gasteiger partial charge in [-0.15, -0.1) is 0 Å². The van der Waals surface area contributed by atoms with E-state index < -0.39 is 58.5 Å². The fourth-order valence-electron chi connectivity index (χ4n) is 3.67. The fraction of sp³-hybridized carbons (Fsp3) is 0.389. The van der Waals surface area contributed by atoms with Gasteiger partial charge in [0.15, 0.2) is 11.8 Å². The molecular formula is C18H21N3O12P2. The predicted molar refractivity (Wildman–Crippen MR) is 117 cm³/mol. The minimum atomic E-state index is -4.94. The van der Waals surface area contributed by atoms with E-state index in [-0.39, 0.29) is 6.54 Å². The molecule has 190 valence electrons. The lowest BCUT2D eigenvalue weighted by Crippen LogP contribution is -2.43. The molecule has 3 aromatic rings. The Kier molecular flexibility index (Phi) is 7.25. The van der Waals surface area contributed by atoms with E-state index in [0.717, 1.165) is 27.0 Å². The molecular weight excluding hydrogens is 512 g/mol. The van der Waals surface area contributed by atoms with Crippen molar-refractivity contribution < 1.29 is 47.2 Å². The molecule has 0 bridgehead atoms. The lowest BCUT2D eigenvalue weighted by atomic mass is 10.1. The number of benzene rings is 1. The van der Waals surface area contributed by atoms with Gasteiger partial charge < -0.3 is 29.3 Å². The molecule has 2 aromatic heterocycles. The zero-order chi connectivity index (χ0) is 25.5. The topological polar surface area (TPSA) is 213 Å². The van der Waals surface area contributed by atoms with Crippen molar-refractivity contribution in [2.45, 2.75) is 38.0 Å². The van der Waals surface area contributed by atoms with Crippen LogP contribution in [0.2, 0.25) is 0 Å². The summed E-state index contributed by atoms with van der Waals surface area (Å²) in [6.07, 6.45) is -5.23. The van der Waals surface area contributed by atoms with Crippen LogP contribution < -0.4 is 11.2 Å². The van der Waals surface area contributed by atoms with Gasteiger partial charge in [-0.3, -0.25) is 23.0 Å². The van der Waals surface area contributed by atoms with Crippen LogP contribution in [0.1, 0.15) is 17.5 Å². The van der Waals surface area contributed by atoms with Crippen LogP contribution in [0.15, 0.2) is 44.6 Å². The quantitative estimate of drug-likeness (QED) is 0.273. The largest absolute Gasteiger partial charge is 0.479 e. The number of phosphoric ester groups is 1. The van der Waals surface area contributed by atoms with Gasteiger partial charge >= 0.3 is 21.8 Å². The van der Waals surface area contributed by atoms with Gasteiger partial charge in [0.2, 0.25) is 0 Å². The van der Waals surface area contributed by atoms with Crippen molar-refractivity contribution in [2.75, 3.05) is 6.61 Å². The molecule has 1 aliphatic heterocycles. The summed E-state index contributed by atoms with van der Waals surface area (Å²) in [5, 5.41) is 25.2. The number of aryl methyl sites for hydroxylation is 1. The molecule has 6 atom stereocenters. The first kappa shape index (κ1) is 25.6. The Morgan fingerprint density at radius 1 is 1.23 bits per heavy atom. The molecule has 1 aliphatic rings.